The number of nitrogens with zero attached hydrogens (tertiary/aromatic N) is 2. The fraction of sp³-hybridized carbons (Fsp3) is 0.292. The summed E-state index contributed by atoms with van der Waals surface area (Å²) in [7, 11) is 0. The highest BCUT2D eigenvalue weighted by atomic mass is 32.2. The van der Waals surface area contributed by atoms with Gasteiger partial charge in [0.2, 0.25) is 11.8 Å². The van der Waals surface area contributed by atoms with Crippen molar-refractivity contribution >= 4 is 35.1 Å². The summed E-state index contributed by atoms with van der Waals surface area (Å²) < 4.78 is 14.9. The number of hydrogen-bond donors (Lipinski definition) is 2. The Bertz CT molecular complexity index is 1090. The van der Waals surface area contributed by atoms with Crippen LogP contribution in [0.15, 0.2) is 54.6 Å². The Labute approximate surface area is 191 Å². The molecule has 2 aromatic carbocycles. The number of carbonyl (C=O) groups is 2. The Balaban J connectivity index is 1.61. The molecule has 0 aliphatic rings. The zero-order chi connectivity index (χ0) is 23.3. The molecule has 0 radical (unpaired) electrons. The van der Waals surface area contributed by atoms with Crippen molar-refractivity contribution in [2.45, 2.75) is 33.1 Å². The molecule has 0 aliphatic heterocycles. The molecule has 6 nitrogen and oxygen atoms in total. The molecular weight excluding hydrogens is 427 g/mol. The number of halogens is 1. The van der Waals surface area contributed by atoms with Crippen LogP contribution in [0.25, 0.3) is 5.69 Å². The minimum atomic E-state index is -0.345. The molecule has 3 aromatic rings. The Hall–Kier alpha value is -3.13. The average molecular weight is 455 g/mol. The largest absolute Gasteiger partial charge is 0.325 e. The standard InChI is InChI=1S/C24H27FN4O2S/c1-16-5-9-18(10-6-16)26-22(30)14-32-15-23(31)27-21-13-20(24(2,3)4)28-29(21)19-11-7-17(25)8-12-19/h5-13H,14-15H2,1-4H3,(H,26,30)(H,27,31). The highest BCUT2D eigenvalue weighted by Gasteiger charge is 2.21. The van der Waals surface area contributed by atoms with Crippen molar-refractivity contribution < 1.29 is 14.0 Å². The molecular formula is C24H27FN4O2S. The summed E-state index contributed by atoms with van der Waals surface area (Å²) in [4.78, 5) is 24.6. The van der Waals surface area contributed by atoms with Crippen LogP contribution in [-0.4, -0.2) is 33.1 Å². The molecule has 2 N–H and O–H groups in total. The fourth-order valence-corrected chi connectivity index (χ4v) is 3.48. The van der Waals surface area contributed by atoms with Crippen molar-refractivity contribution in [3.63, 3.8) is 0 Å². The second kappa shape index (κ2) is 9.99. The molecule has 32 heavy (non-hydrogen) atoms. The van der Waals surface area contributed by atoms with Crippen molar-refractivity contribution in [3.05, 3.63) is 71.7 Å². The second-order valence-corrected chi connectivity index (χ2v) is 9.49. The number of carbonyl (C=O) groups excluding carboxylic acids is 2. The van der Waals surface area contributed by atoms with Gasteiger partial charge in [-0.25, -0.2) is 9.07 Å². The SMILES string of the molecule is Cc1ccc(NC(=O)CSCC(=O)Nc2cc(C(C)(C)C)nn2-c2ccc(F)cc2)cc1. The van der Waals surface area contributed by atoms with Crippen LogP contribution in [0.2, 0.25) is 0 Å². The van der Waals surface area contributed by atoms with Gasteiger partial charge < -0.3 is 10.6 Å². The summed E-state index contributed by atoms with van der Waals surface area (Å²) in [6.07, 6.45) is 0. The minimum absolute atomic E-state index is 0.112. The zero-order valence-corrected chi connectivity index (χ0v) is 19.4. The number of nitrogens with one attached hydrogen (secondary N) is 2. The van der Waals surface area contributed by atoms with Gasteiger partial charge in [-0.1, -0.05) is 38.5 Å². The number of aromatic nitrogens is 2. The number of rotatable bonds is 7. The van der Waals surface area contributed by atoms with E-state index in [0.717, 1.165) is 16.9 Å². The van der Waals surface area contributed by atoms with E-state index in [-0.39, 0.29) is 34.6 Å². The first-order valence-corrected chi connectivity index (χ1v) is 11.4. The Kier molecular flexibility index (Phi) is 7.35. The molecule has 0 aliphatic carbocycles. The third kappa shape index (κ3) is 6.43. The number of amides is 2. The van der Waals surface area contributed by atoms with Gasteiger partial charge in [-0.15, -0.1) is 11.8 Å². The van der Waals surface area contributed by atoms with Gasteiger partial charge in [-0.05, 0) is 43.3 Å². The lowest BCUT2D eigenvalue weighted by Gasteiger charge is -2.14. The maximum absolute atomic E-state index is 13.3. The van der Waals surface area contributed by atoms with Gasteiger partial charge >= 0.3 is 0 Å². The van der Waals surface area contributed by atoms with Gasteiger partial charge in [-0.2, -0.15) is 5.10 Å². The summed E-state index contributed by atoms with van der Waals surface area (Å²) in [6.45, 7) is 8.06. The lowest BCUT2D eigenvalue weighted by atomic mass is 9.92. The second-order valence-electron chi connectivity index (χ2n) is 8.51. The molecule has 0 saturated carbocycles. The summed E-state index contributed by atoms with van der Waals surface area (Å²) >= 11 is 1.22. The minimum Gasteiger partial charge on any atom is -0.325 e. The van der Waals surface area contributed by atoms with Crippen LogP contribution in [-0.2, 0) is 15.0 Å². The van der Waals surface area contributed by atoms with Gasteiger partial charge in [0, 0.05) is 17.2 Å². The van der Waals surface area contributed by atoms with E-state index in [0.29, 0.717) is 11.5 Å². The van der Waals surface area contributed by atoms with Gasteiger partial charge in [0.05, 0.1) is 22.9 Å². The van der Waals surface area contributed by atoms with Crippen LogP contribution in [0.4, 0.5) is 15.9 Å². The molecule has 8 heteroatoms. The van der Waals surface area contributed by atoms with E-state index in [9.17, 15) is 14.0 Å². The van der Waals surface area contributed by atoms with Crippen LogP contribution < -0.4 is 10.6 Å². The predicted octanol–water partition coefficient (Wildman–Crippen LogP) is 4.93. The average Bonchev–Trinajstić information content (AvgIpc) is 3.14. The molecule has 1 aromatic heterocycles. The highest BCUT2D eigenvalue weighted by molar-refractivity contribution is 8.00. The highest BCUT2D eigenvalue weighted by Crippen LogP contribution is 2.26. The fourth-order valence-electron chi connectivity index (χ4n) is 2.87. The first-order valence-electron chi connectivity index (χ1n) is 10.2. The number of thioether (sulfide) groups is 1. The normalized spacial score (nSPS) is 11.3. The van der Waals surface area contributed by atoms with Crippen LogP contribution in [0.1, 0.15) is 32.0 Å². The van der Waals surface area contributed by atoms with E-state index in [4.69, 9.17) is 0 Å². The zero-order valence-electron chi connectivity index (χ0n) is 18.6. The lowest BCUT2D eigenvalue weighted by molar-refractivity contribution is -0.114. The first kappa shape index (κ1) is 23.5. The van der Waals surface area contributed by atoms with E-state index in [1.807, 2.05) is 58.0 Å². The number of benzene rings is 2. The molecule has 1 heterocycles. The smallest absolute Gasteiger partial charge is 0.235 e. The number of anilines is 2. The molecule has 0 atom stereocenters. The van der Waals surface area contributed by atoms with Crippen molar-refractivity contribution in [2.75, 3.05) is 22.1 Å². The molecule has 0 unspecified atom stereocenters. The molecule has 0 spiro atoms. The Morgan fingerprint density at radius 2 is 1.56 bits per heavy atom. The van der Waals surface area contributed by atoms with Crippen LogP contribution >= 0.6 is 11.8 Å². The summed E-state index contributed by atoms with van der Waals surface area (Å²) in [5.74, 6) is 0.00553. The third-order valence-corrected chi connectivity index (χ3v) is 5.55. The quantitative estimate of drug-likeness (QED) is 0.531. The van der Waals surface area contributed by atoms with Crippen LogP contribution in [0, 0.1) is 12.7 Å². The molecule has 0 fully saturated rings. The van der Waals surface area contributed by atoms with Gasteiger partial charge in [0.25, 0.3) is 0 Å². The molecule has 0 saturated heterocycles. The molecule has 168 valence electrons. The summed E-state index contributed by atoms with van der Waals surface area (Å²) in [5, 5.41) is 10.3. The topological polar surface area (TPSA) is 76.0 Å². The molecule has 3 rings (SSSR count). The van der Waals surface area contributed by atoms with E-state index in [2.05, 4.69) is 15.7 Å². The maximum atomic E-state index is 13.3. The monoisotopic (exact) mass is 454 g/mol. The van der Waals surface area contributed by atoms with Crippen molar-refractivity contribution in [2.24, 2.45) is 0 Å². The summed E-state index contributed by atoms with van der Waals surface area (Å²) in [6, 6.07) is 15.3. The Morgan fingerprint density at radius 3 is 2.16 bits per heavy atom. The van der Waals surface area contributed by atoms with Gasteiger partial charge in [-0.3, -0.25) is 9.59 Å². The van der Waals surface area contributed by atoms with Crippen LogP contribution in [0.5, 0.6) is 0 Å². The van der Waals surface area contributed by atoms with Crippen molar-refractivity contribution in [3.8, 4) is 5.69 Å². The van der Waals surface area contributed by atoms with Crippen LogP contribution in [0.3, 0.4) is 0 Å². The van der Waals surface area contributed by atoms with E-state index >= 15 is 0 Å². The lowest BCUT2D eigenvalue weighted by Crippen LogP contribution is -2.19. The first-order chi connectivity index (χ1) is 15.1. The Morgan fingerprint density at radius 1 is 0.969 bits per heavy atom. The number of aryl methyl sites for hydroxylation is 1. The van der Waals surface area contributed by atoms with E-state index in [1.54, 1.807) is 16.8 Å². The predicted molar refractivity (Wildman–Crippen MR) is 128 cm³/mol. The maximum Gasteiger partial charge on any atom is 0.235 e. The van der Waals surface area contributed by atoms with Crippen molar-refractivity contribution in [1.82, 2.24) is 9.78 Å². The van der Waals surface area contributed by atoms with E-state index < -0.39 is 0 Å². The van der Waals surface area contributed by atoms with E-state index in [1.165, 1.54) is 23.9 Å². The molecule has 0 bridgehead atoms. The van der Waals surface area contributed by atoms with Gasteiger partial charge in [0.15, 0.2) is 0 Å². The van der Waals surface area contributed by atoms with Gasteiger partial charge in [0.1, 0.15) is 11.6 Å². The number of hydrogen-bond acceptors (Lipinski definition) is 4. The summed E-state index contributed by atoms with van der Waals surface area (Å²) in [5.41, 5.74) is 3.05. The molecule has 2 amide bonds. The third-order valence-electron chi connectivity index (χ3n) is 4.62. The van der Waals surface area contributed by atoms with Crippen molar-refractivity contribution in [1.29, 1.82) is 0 Å².